The van der Waals surface area contributed by atoms with Crippen LogP contribution in [0.4, 0.5) is 0 Å². The van der Waals surface area contributed by atoms with Crippen LogP contribution in [0.15, 0.2) is 78.9 Å². The maximum Gasteiger partial charge on any atom is 0.255 e. The highest BCUT2D eigenvalue weighted by molar-refractivity contribution is 6.33. The third kappa shape index (κ3) is 5.04. The van der Waals surface area contributed by atoms with Crippen molar-refractivity contribution >= 4 is 23.4 Å². The highest BCUT2D eigenvalue weighted by Gasteiger charge is 2.42. The molecule has 2 atom stereocenters. The van der Waals surface area contributed by atoms with Gasteiger partial charge in [0.2, 0.25) is 5.91 Å². The summed E-state index contributed by atoms with van der Waals surface area (Å²) in [6.07, 6.45) is 0. The van der Waals surface area contributed by atoms with Crippen molar-refractivity contribution in [3.63, 3.8) is 0 Å². The summed E-state index contributed by atoms with van der Waals surface area (Å²) in [6.45, 7) is 1.29. The van der Waals surface area contributed by atoms with Crippen LogP contribution in [-0.2, 0) is 11.3 Å². The molecule has 0 N–H and O–H groups in total. The van der Waals surface area contributed by atoms with Crippen molar-refractivity contribution in [2.24, 2.45) is 5.92 Å². The topological polar surface area (TPSA) is 49.9 Å². The summed E-state index contributed by atoms with van der Waals surface area (Å²) < 4.78 is 5.40. The average Bonchev–Trinajstić information content (AvgIpc) is 3.29. The molecule has 3 aromatic rings. The lowest BCUT2D eigenvalue weighted by Gasteiger charge is -2.25. The molecule has 0 bridgehead atoms. The minimum absolute atomic E-state index is 0.0149. The van der Waals surface area contributed by atoms with Gasteiger partial charge in [-0.2, -0.15) is 0 Å². The number of hydrogen-bond donors (Lipinski definition) is 0. The highest BCUT2D eigenvalue weighted by Crippen LogP contribution is 2.36. The molecule has 0 saturated carbocycles. The van der Waals surface area contributed by atoms with Crippen LogP contribution in [-0.4, -0.2) is 48.9 Å². The fourth-order valence-electron chi connectivity index (χ4n) is 4.45. The molecule has 3 aromatic carbocycles. The van der Waals surface area contributed by atoms with Crippen molar-refractivity contribution in [3.05, 3.63) is 101 Å². The molecule has 0 aromatic heterocycles. The van der Waals surface area contributed by atoms with Crippen LogP contribution >= 0.6 is 11.6 Å². The van der Waals surface area contributed by atoms with E-state index in [-0.39, 0.29) is 23.7 Å². The minimum Gasteiger partial charge on any atom is -0.497 e. The maximum atomic E-state index is 13.6. The zero-order chi connectivity index (χ0) is 23.4. The summed E-state index contributed by atoms with van der Waals surface area (Å²) in [6, 6.07) is 24.7. The number of carbonyl (C=O) groups is 2. The second-order valence-corrected chi connectivity index (χ2v) is 8.77. The van der Waals surface area contributed by atoms with E-state index in [4.69, 9.17) is 16.3 Å². The van der Waals surface area contributed by atoms with Gasteiger partial charge in [-0.15, -0.1) is 0 Å². The van der Waals surface area contributed by atoms with Gasteiger partial charge in [0.1, 0.15) is 5.75 Å². The Morgan fingerprint density at radius 2 is 1.73 bits per heavy atom. The summed E-state index contributed by atoms with van der Waals surface area (Å²) in [4.78, 5) is 30.4. The quantitative estimate of drug-likeness (QED) is 0.525. The maximum absolute atomic E-state index is 13.6. The molecule has 1 saturated heterocycles. The van der Waals surface area contributed by atoms with Crippen molar-refractivity contribution in [2.75, 3.05) is 27.2 Å². The number of nitrogens with zero attached hydrogens (tertiary/aromatic N) is 2. The molecule has 1 fully saturated rings. The van der Waals surface area contributed by atoms with Crippen LogP contribution in [0.25, 0.3) is 0 Å². The summed E-state index contributed by atoms with van der Waals surface area (Å²) in [5, 5.41) is 0.413. The van der Waals surface area contributed by atoms with Gasteiger partial charge in [0.05, 0.1) is 23.6 Å². The first-order valence-corrected chi connectivity index (χ1v) is 11.3. The van der Waals surface area contributed by atoms with Gasteiger partial charge in [-0.1, -0.05) is 66.2 Å². The van der Waals surface area contributed by atoms with Crippen LogP contribution < -0.4 is 4.74 Å². The third-order valence-corrected chi connectivity index (χ3v) is 6.52. The number of benzene rings is 3. The Labute approximate surface area is 199 Å². The first-order valence-electron chi connectivity index (χ1n) is 10.9. The zero-order valence-electron chi connectivity index (χ0n) is 18.8. The molecule has 0 spiro atoms. The number of amides is 2. The Morgan fingerprint density at radius 3 is 2.45 bits per heavy atom. The van der Waals surface area contributed by atoms with E-state index in [1.807, 2.05) is 61.6 Å². The first kappa shape index (κ1) is 22.9. The number of likely N-dealkylation sites (tertiary alicyclic amines) is 1. The molecule has 33 heavy (non-hydrogen) atoms. The van der Waals surface area contributed by atoms with Gasteiger partial charge < -0.3 is 14.5 Å². The fourth-order valence-corrected chi connectivity index (χ4v) is 4.67. The molecule has 1 heterocycles. The van der Waals surface area contributed by atoms with Gasteiger partial charge in [-0.05, 0) is 35.4 Å². The molecule has 0 radical (unpaired) electrons. The van der Waals surface area contributed by atoms with E-state index in [1.54, 1.807) is 41.2 Å². The molecule has 0 unspecified atom stereocenters. The van der Waals surface area contributed by atoms with E-state index in [0.717, 1.165) is 16.9 Å². The zero-order valence-corrected chi connectivity index (χ0v) is 19.5. The molecule has 0 aliphatic carbocycles. The van der Waals surface area contributed by atoms with Gasteiger partial charge in [0.15, 0.2) is 0 Å². The van der Waals surface area contributed by atoms with Crippen molar-refractivity contribution in [3.8, 4) is 5.75 Å². The van der Waals surface area contributed by atoms with Crippen LogP contribution in [0.5, 0.6) is 5.75 Å². The number of hydrogen-bond acceptors (Lipinski definition) is 3. The normalized spacial score (nSPS) is 17.6. The third-order valence-electron chi connectivity index (χ3n) is 6.19. The minimum atomic E-state index is -0.364. The van der Waals surface area contributed by atoms with Gasteiger partial charge in [0, 0.05) is 32.6 Å². The molecular formula is C27H27ClN2O3. The summed E-state index contributed by atoms with van der Waals surface area (Å²) in [5.41, 5.74) is 2.50. The van der Waals surface area contributed by atoms with Gasteiger partial charge in [-0.25, -0.2) is 0 Å². The second kappa shape index (κ2) is 10.1. The molecule has 2 amide bonds. The Morgan fingerprint density at radius 1 is 1.00 bits per heavy atom. The predicted octanol–water partition coefficient (Wildman–Crippen LogP) is 4.86. The molecule has 1 aliphatic heterocycles. The second-order valence-electron chi connectivity index (χ2n) is 8.36. The fraction of sp³-hybridized carbons (Fsp3) is 0.259. The van der Waals surface area contributed by atoms with Gasteiger partial charge in [0.25, 0.3) is 5.91 Å². The van der Waals surface area contributed by atoms with Gasteiger partial charge >= 0.3 is 0 Å². The lowest BCUT2D eigenvalue weighted by atomic mass is 9.88. The Balaban J connectivity index is 1.62. The van der Waals surface area contributed by atoms with E-state index >= 15 is 0 Å². The average molecular weight is 463 g/mol. The molecule has 5 nitrogen and oxygen atoms in total. The first-order chi connectivity index (χ1) is 16.0. The predicted molar refractivity (Wildman–Crippen MR) is 129 cm³/mol. The largest absolute Gasteiger partial charge is 0.497 e. The van der Waals surface area contributed by atoms with E-state index in [0.29, 0.717) is 30.2 Å². The van der Waals surface area contributed by atoms with Crippen LogP contribution in [0.1, 0.15) is 27.4 Å². The van der Waals surface area contributed by atoms with Crippen molar-refractivity contribution in [1.29, 1.82) is 0 Å². The standard InChI is InChI=1S/C27H27ClN2O3/c1-29(16-19-9-4-3-5-10-19)26(31)24-18-30(27(32)22-13-6-7-14-25(22)28)17-23(24)20-11-8-12-21(15-20)33-2/h3-15,23-24H,16-18H2,1-2H3/t23-,24-/m1/s1. The Bertz CT molecular complexity index is 1130. The molecule has 1 aliphatic rings. The molecular weight excluding hydrogens is 436 g/mol. The van der Waals surface area contributed by atoms with Gasteiger partial charge in [-0.3, -0.25) is 9.59 Å². The van der Waals surface area contributed by atoms with E-state index < -0.39 is 0 Å². The lowest BCUT2D eigenvalue weighted by Crippen LogP contribution is -2.36. The summed E-state index contributed by atoms with van der Waals surface area (Å²) in [7, 11) is 3.44. The summed E-state index contributed by atoms with van der Waals surface area (Å²) in [5.74, 6) is 0.0809. The van der Waals surface area contributed by atoms with E-state index in [2.05, 4.69) is 0 Å². The van der Waals surface area contributed by atoms with E-state index in [1.165, 1.54) is 0 Å². The van der Waals surface area contributed by atoms with Crippen molar-refractivity contribution < 1.29 is 14.3 Å². The van der Waals surface area contributed by atoms with Crippen LogP contribution in [0, 0.1) is 5.92 Å². The van der Waals surface area contributed by atoms with Crippen LogP contribution in [0.2, 0.25) is 5.02 Å². The van der Waals surface area contributed by atoms with E-state index in [9.17, 15) is 9.59 Å². The SMILES string of the molecule is COc1cccc([C@H]2CN(C(=O)c3ccccc3Cl)C[C@H]2C(=O)N(C)Cc2ccccc2)c1. The van der Waals surface area contributed by atoms with Crippen molar-refractivity contribution in [2.45, 2.75) is 12.5 Å². The summed E-state index contributed by atoms with van der Waals surface area (Å²) >= 11 is 6.29. The Kier molecular flexibility index (Phi) is 6.99. The number of carbonyl (C=O) groups excluding carboxylic acids is 2. The monoisotopic (exact) mass is 462 g/mol. The molecule has 6 heteroatoms. The van der Waals surface area contributed by atoms with Crippen molar-refractivity contribution in [1.82, 2.24) is 9.80 Å². The smallest absolute Gasteiger partial charge is 0.255 e. The molecule has 4 rings (SSSR count). The van der Waals surface area contributed by atoms with Crippen LogP contribution in [0.3, 0.4) is 0 Å². The number of ether oxygens (including phenoxy) is 1. The lowest BCUT2D eigenvalue weighted by molar-refractivity contribution is -0.134. The highest BCUT2D eigenvalue weighted by atomic mass is 35.5. The number of methoxy groups -OCH3 is 1. The number of halogens is 1. The Hall–Kier alpha value is -3.31. The number of rotatable bonds is 6. The molecule has 170 valence electrons.